The van der Waals surface area contributed by atoms with Gasteiger partial charge in [-0.1, -0.05) is 33.1 Å². The lowest BCUT2D eigenvalue weighted by molar-refractivity contribution is -0.144. The van der Waals surface area contributed by atoms with Crippen LogP contribution in [0.2, 0.25) is 0 Å². The number of ether oxygens (including phenoxy) is 5. The average Bonchev–Trinajstić information content (AvgIpc) is 2.62. The first-order valence-corrected chi connectivity index (χ1v) is 9.77. The summed E-state index contributed by atoms with van der Waals surface area (Å²) in [5.74, 6) is -0.133. The van der Waals surface area contributed by atoms with Crippen molar-refractivity contribution in [2.24, 2.45) is 0 Å². The molecule has 0 radical (unpaired) electrons. The summed E-state index contributed by atoms with van der Waals surface area (Å²) in [6.07, 6.45) is 6.55. The van der Waals surface area contributed by atoms with E-state index in [1.54, 1.807) is 0 Å². The molecule has 0 atom stereocenters. The van der Waals surface area contributed by atoms with Gasteiger partial charge in [0, 0.05) is 19.6 Å². The molecule has 0 unspecified atom stereocenters. The first kappa shape index (κ1) is 24.3. The standard InChI is InChI=1S/C19H38O6/c1-3-5-7-12-25-19(20)9-8-11-22-14-16-24-18-17-23-15-13-21-10-6-4-2/h3-18H2,1-2H3. The summed E-state index contributed by atoms with van der Waals surface area (Å²) in [6, 6.07) is 0. The molecule has 6 nitrogen and oxygen atoms in total. The molecule has 0 saturated carbocycles. The van der Waals surface area contributed by atoms with Gasteiger partial charge in [0.2, 0.25) is 0 Å². The van der Waals surface area contributed by atoms with Gasteiger partial charge in [-0.15, -0.1) is 0 Å². The summed E-state index contributed by atoms with van der Waals surface area (Å²) in [5, 5.41) is 0. The molecular formula is C19H38O6. The van der Waals surface area contributed by atoms with E-state index in [-0.39, 0.29) is 5.97 Å². The maximum Gasteiger partial charge on any atom is 0.305 e. The Morgan fingerprint density at radius 2 is 1.04 bits per heavy atom. The number of esters is 1. The van der Waals surface area contributed by atoms with Gasteiger partial charge in [-0.25, -0.2) is 0 Å². The topological polar surface area (TPSA) is 63.2 Å². The van der Waals surface area contributed by atoms with Crippen LogP contribution in [0.15, 0.2) is 0 Å². The van der Waals surface area contributed by atoms with Crippen LogP contribution in [0.25, 0.3) is 0 Å². The Bertz CT molecular complexity index is 273. The van der Waals surface area contributed by atoms with Crippen molar-refractivity contribution in [1.82, 2.24) is 0 Å². The third kappa shape index (κ3) is 21.3. The molecular weight excluding hydrogens is 324 g/mol. The molecule has 0 aliphatic carbocycles. The van der Waals surface area contributed by atoms with Crippen molar-refractivity contribution in [2.75, 3.05) is 59.5 Å². The van der Waals surface area contributed by atoms with E-state index in [9.17, 15) is 4.79 Å². The largest absolute Gasteiger partial charge is 0.466 e. The van der Waals surface area contributed by atoms with E-state index in [0.717, 1.165) is 38.7 Å². The minimum atomic E-state index is -0.133. The smallest absolute Gasteiger partial charge is 0.305 e. The predicted octanol–water partition coefficient (Wildman–Crippen LogP) is 3.37. The first-order chi connectivity index (χ1) is 12.3. The normalized spacial score (nSPS) is 11.0. The highest BCUT2D eigenvalue weighted by Crippen LogP contribution is 1.98. The van der Waals surface area contributed by atoms with Crippen molar-refractivity contribution in [3.8, 4) is 0 Å². The summed E-state index contributed by atoms with van der Waals surface area (Å²) in [7, 11) is 0. The van der Waals surface area contributed by atoms with Gasteiger partial charge in [0.05, 0.1) is 46.2 Å². The Labute approximate surface area is 153 Å². The van der Waals surface area contributed by atoms with E-state index < -0.39 is 0 Å². The van der Waals surface area contributed by atoms with Crippen molar-refractivity contribution in [3.63, 3.8) is 0 Å². The Morgan fingerprint density at radius 1 is 0.560 bits per heavy atom. The summed E-state index contributed by atoms with van der Waals surface area (Å²) in [6.45, 7) is 9.62. The third-order valence-electron chi connectivity index (χ3n) is 3.44. The lowest BCUT2D eigenvalue weighted by Crippen LogP contribution is -2.12. The molecule has 0 amide bonds. The fraction of sp³-hybridized carbons (Fsp3) is 0.947. The molecule has 0 N–H and O–H groups in total. The van der Waals surface area contributed by atoms with E-state index in [1.807, 2.05) is 0 Å². The SMILES string of the molecule is CCCCCOC(=O)CCCOCCOCCOCCOCCCC. The third-order valence-corrected chi connectivity index (χ3v) is 3.44. The average molecular weight is 363 g/mol. The number of unbranched alkanes of at least 4 members (excludes halogenated alkanes) is 3. The summed E-state index contributed by atoms with van der Waals surface area (Å²) in [5.41, 5.74) is 0. The number of rotatable bonds is 20. The van der Waals surface area contributed by atoms with Crippen LogP contribution in [0.1, 0.15) is 58.8 Å². The van der Waals surface area contributed by atoms with E-state index in [0.29, 0.717) is 65.7 Å². The highest BCUT2D eigenvalue weighted by molar-refractivity contribution is 5.69. The maximum absolute atomic E-state index is 11.4. The van der Waals surface area contributed by atoms with Gasteiger partial charge in [-0.05, 0) is 19.3 Å². The van der Waals surface area contributed by atoms with Gasteiger partial charge in [-0.3, -0.25) is 4.79 Å². The van der Waals surface area contributed by atoms with Crippen LogP contribution in [0.5, 0.6) is 0 Å². The summed E-state index contributed by atoms with van der Waals surface area (Å²) in [4.78, 5) is 11.4. The second kappa shape index (κ2) is 21.4. The molecule has 6 heteroatoms. The van der Waals surface area contributed by atoms with Crippen molar-refractivity contribution < 1.29 is 28.5 Å². The van der Waals surface area contributed by atoms with Crippen LogP contribution in [0, 0.1) is 0 Å². The number of carbonyl (C=O) groups excluding carboxylic acids is 1. The Balaban J connectivity index is 3.08. The molecule has 0 spiro atoms. The van der Waals surface area contributed by atoms with Crippen LogP contribution in [-0.4, -0.2) is 65.4 Å². The zero-order chi connectivity index (χ0) is 18.4. The zero-order valence-corrected chi connectivity index (χ0v) is 16.3. The molecule has 0 aromatic rings. The van der Waals surface area contributed by atoms with Crippen LogP contribution in [0.3, 0.4) is 0 Å². The molecule has 0 rings (SSSR count). The highest BCUT2D eigenvalue weighted by Gasteiger charge is 2.02. The molecule has 0 aliphatic rings. The molecule has 150 valence electrons. The van der Waals surface area contributed by atoms with Crippen LogP contribution in [0.4, 0.5) is 0 Å². The predicted molar refractivity (Wildman–Crippen MR) is 97.9 cm³/mol. The second-order valence-electron chi connectivity index (χ2n) is 5.83. The van der Waals surface area contributed by atoms with Gasteiger partial charge in [0.25, 0.3) is 0 Å². The maximum atomic E-state index is 11.4. The monoisotopic (exact) mass is 362 g/mol. The summed E-state index contributed by atoms with van der Waals surface area (Å²) < 4.78 is 26.7. The molecule has 0 aromatic carbocycles. The van der Waals surface area contributed by atoms with Crippen molar-refractivity contribution >= 4 is 5.97 Å². The van der Waals surface area contributed by atoms with Gasteiger partial charge in [0.15, 0.2) is 0 Å². The summed E-state index contributed by atoms with van der Waals surface area (Å²) >= 11 is 0. The van der Waals surface area contributed by atoms with E-state index in [4.69, 9.17) is 23.7 Å². The van der Waals surface area contributed by atoms with Gasteiger partial charge in [0.1, 0.15) is 0 Å². The number of hydrogen-bond acceptors (Lipinski definition) is 6. The van der Waals surface area contributed by atoms with Gasteiger partial charge >= 0.3 is 5.97 Å². The minimum absolute atomic E-state index is 0.133. The molecule has 0 bridgehead atoms. The number of carbonyl (C=O) groups is 1. The van der Waals surface area contributed by atoms with Crippen LogP contribution in [-0.2, 0) is 28.5 Å². The quantitative estimate of drug-likeness (QED) is 0.244. The Hall–Kier alpha value is -0.690. The van der Waals surface area contributed by atoms with Crippen molar-refractivity contribution in [1.29, 1.82) is 0 Å². The van der Waals surface area contributed by atoms with Crippen molar-refractivity contribution in [2.45, 2.75) is 58.8 Å². The van der Waals surface area contributed by atoms with E-state index in [1.165, 1.54) is 0 Å². The van der Waals surface area contributed by atoms with E-state index in [2.05, 4.69) is 13.8 Å². The van der Waals surface area contributed by atoms with Gasteiger partial charge < -0.3 is 23.7 Å². The zero-order valence-electron chi connectivity index (χ0n) is 16.3. The Morgan fingerprint density at radius 3 is 1.56 bits per heavy atom. The molecule has 0 heterocycles. The molecule has 0 aliphatic heterocycles. The lowest BCUT2D eigenvalue weighted by atomic mass is 10.3. The number of hydrogen-bond donors (Lipinski definition) is 0. The highest BCUT2D eigenvalue weighted by atomic mass is 16.6. The molecule has 0 fully saturated rings. The fourth-order valence-electron chi connectivity index (χ4n) is 1.94. The molecule has 25 heavy (non-hydrogen) atoms. The first-order valence-electron chi connectivity index (χ1n) is 9.77. The second-order valence-corrected chi connectivity index (χ2v) is 5.83. The Kier molecular flexibility index (Phi) is 20.8. The van der Waals surface area contributed by atoms with Crippen molar-refractivity contribution in [3.05, 3.63) is 0 Å². The lowest BCUT2D eigenvalue weighted by Gasteiger charge is -2.07. The van der Waals surface area contributed by atoms with Gasteiger partial charge in [-0.2, -0.15) is 0 Å². The minimum Gasteiger partial charge on any atom is -0.466 e. The van der Waals surface area contributed by atoms with Crippen LogP contribution >= 0.6 is 0 Å². The van der Waals surface area contributed by atoms with E-state index >= 15 is 0 Å². The fourth-order valence-corrected chi connectivity index (χ4v) is 1.94. The van der Waals surface area contributed by atoms with Crippen LogP contribution < -0.4 is 0 Å². The molecule has 0 saturated heterocycles. The molecule has 0 aromatic heterocycles.